The second kappa shape index (κ2) is 11.9. The molecule has 2 amide bonds. The molecular formula is C26H28ClN3O4S. The zero-order valence-electron chi connectivity index (χ0n) is 19.6. The first kappa shape index (κ1) is 26.2. The molecule has 3 aromatic carbocycles. The van der Waals surface area contributed by atoms with Crippen LogP contribution < -0.4 is 9.62 Å². The lowest BCUT2D eigenvalue weighted by molar-refractivity contribution is -0.139. The maximum Gasteiger partial charge on any atom is 0.264 e. The SMILES string of the molecule is CCNC(=O)[C@@H](C)N(Cc1ccccc1Cl)C(=O)CN(c1ccccc1)S(=O)(=O)c1ccccc1. The molecule has 0 aliphatic rings. The van der Waals surface area contributed by atoms with Crippen molar-refractivity contribution in [3.05, 3.63) is 95.5 Å². The van der Waals surface area contributed by atoms with Crippen molar-refractivity contribution in [1.82, 2.24) is 10.2 Å². The topological polar surface area (TPSA) is 86.8 Å². The zero-order chi connectivity index (χ0) is 25.4. The van der Waals surface area contributed by atoms with E-state index in [4.69, 9.17) is 11.6 Å². The molecule has 1 N–H and O–H groups in total. The number of anilines is 1. The lowest BCUT2D eigenvalue weighted by Gasteiger charge is -2.32. The van der Waals surface area contributed by atoms with Gasteiger partial charge in [-0.1, -0.05) is 66.2 Å². The molecule has 7 nitrogen and oxygen atoms in total. The number of para-hydroxylation sites is 1. The van der Waals surface area contributed by atoms with Gasteiger partial charge in [0.05, 0.1) is 10.6 Å². The first-order valence-corrected chi connectivity index (χ1v) is 13.0. The standard InChI is InChI=1S/C26H28ClN3O4S/c1-3-28-26(32)20(2)29(18-21-12-10-11-17-24(21)27)25(31)19-30(22-13-6-4-7-14-22)35(33,34)23-15-8-5-9-16-23/h4-17,20H,3,18-19H2,1-2H3,(H,28,32)/t20-/m1/s1. The number of halogens is 1. The number of benzene rings is 3. The van der Waals surface area contributed by atoms with E-state index in [0.717, 1.165) is 4.31 Å². The Bertz CT molecular complexity index is 1250. The highest BCUT2D eigenvalue weighted by molar-refractivity contribution is 7.92. The van der Waals surface area contributed by atoms with Crippen molar-refractivity contribution in [2.24, 2.45) is 0 Å². The van der Waals surface area contributed by atoms with E-state index in [1.165, 1.54) is 17.0 Å². The molecule has 0 saturated carbocycles. The van der Waals surface area contributed by atoms with Gasteiger partial charge in [0.15, 0.2) is 0 Å². The monoisotopic (exact) mass is 513 g/mol. The van der Waals surface area contributed by atoms with E-state index in [9.17, 15) is 18.0 Å². The van der Waals surface area contributed by atoms with Crippen molar-refractivity contribution in [2.75, 3.05) is 17.4 Å². The van der Waals surface area contributed by atoms with Gasteiger partial charge in [-0.2, -0.15) is 0 Å². The Kier molecular flexibility index (Phi) is 8.89. The molecular weight excluding hydrogens is 486 g/mol. The molecule has 0 aromatic heterocycles. The van der Waals surface area contributed by atoms with Crippen LogP contribution in [0, 0.1) is 0 Å². The molecule has 0 saturated heterocycles. The van der Waals surface area contributed by atoms with Crippen LogP contribution in [0.2, 0.25) is 5.02 Å². The average molecular weight is 514 g/mol. The Labute approximate surface area is 211 Å². The first-order valence-electron chi connectivity index (χ1n) is 11.2. The quantitative estimate of drug-likeness (QED) is 0.442. The van der Waals surface area contributed by atoms with E-state index in [-0.39, 0.29) is 17.3 Å². The molecule has 0 radical (unpaired) electrons. The van der Waals surface area contributed by atoms with Gasteiger partial charge in [0.2, 0.25) is 11.8 Å². The molecule has 184 valence electrons. The summed E-state index contributed by atoms with van der Waals surface area (Å²) >= 11 is 6.33. The van der Waals surface area contributed by atoms with Crippen molar-refractivity contribution in [3.63, 3.8) is 0 Å². The minimum atomic E-state index is -4.06. The summed E-state index contributed by atoms with van der Waals surface area (Å²) in [5, 5.41) is 3.17. The van der Waals surface area contributed by atoms with Gasteiger partial charge < -0.3 is 10.2 Å². The summed E-state index contributed by atoms with van der Waals surface area (Å²) in [6.45, 7) is 3.35. The summed E-state index contributed by atoms with van der Waals surface area (Å²) in [6, 6.07) is 22.5. The normalized spacial score (nSPS) is 12.0. The Balaban J connectivity index is 2.00. The van der Waals surface area contributed by atoms with Gasteiger partial charge in [0, 0.05) is 18.1 Å². The fourth-order valence-corrected chi connectivity index (χ4v) is 5.19. The van der Waals surface area contributed by atoms with Gasteiger partial charge in [0.25, 0.3) is 10.0 Å². The maximum atomic E-state index is 13.7. The largest absolute Gasteiger partial charge is 0.355 e. The predicted molar refractivity (Wildman–Crippen MR) is 138 cm³/mol. The third-order valence-electron chi connectivity index (χ3n) is 5.47. The Morgan fingerprint density at radius 3 is 2.09 bits per heavy atom. The van der Waals surface area contributed by atoms with Gasteiger partial charge in [0.1, 0.15) is 12.6 Å². The van der Waals surface area contributed by atoms with Crippen LogP contribution in [0.1, 0.15) is 19.4 Å². The second-order valence-corrected chi connectivity index (χ2v) is 10.1. The number of nitrogens with one attached hydrogen (secondary N) is 1. The molecule has 0 fully saturated rings. The number of nitrogens with zero attached hydrogens (tertiary/aromatic N) is 2. The van der Waals surface area contributed by atoms with Crippen molar-refractivity contribution in [1.29, 1.82) is 0 Å². The summed E-state index contributed by atoms with van der Waals surface area (Å²) in [4.78, 5) is 27.7. The van der Waals surface area contributed by atoms with Gasteiger partial charge in [-0.3, -0.25) is 13.9 Å². The molecule has 0 spiro atoms. The molecule has 3 aromatic rings. The summed E-state index contributed by atoms with van der Waals surface area (Å²) in [6.07, 6.45) is 0. The number of carbonyl (C=O) groups is 2. The van der Waals surface area contributed by atoms with Crippen LogP contribution in [0.5, 0.6) is 0 Å². The first-order chi connectivity index (χ1) is 16.8. The van der Waals surface area contributed by atoms with E-state index in [1.807, 2.05) is 0 Å². The van der Waals surface area contributed by atoms with Crippen LogP contribution in [0.25, 0.3) is 0 Å². The highest BCUT2D eigenvalue weighted by Gasteiger charge is 2.32. The molecule has 9 heteroatoms. The highest BCUT2D eigenvalue weighted by Crippen LogP contribution is 2.25. The highest BCUT2D eigenvalue weighted by atomic mass is 35.5. The summed E-state index contributed by atoms with van der Waals surface area (Å²) < 4.78 is 28.2. The maximum absolute atomic E-state index is 13.7. The second-order valence-electron chi connectivity index (χ2n) is 7.84. The Morgan fingerprint density at radius 1 is 0.914 bits per heavy atom. The van der Waals surface area contributed by atoms with Crippen molar-refractivity contribution < 1.29 is 18.0 Å². The smallest absolute Gasteiger partial charge is 0.264 e. The Morgan fingerprint density at radius 2 is 1.49 bits per heavy atom. The fourth-order valence-electron chi connectivity index (χ4n) is 3.56. The third kappa shape index (κ3) is 6.41. The number of amides is 2. The Hall–Kier alpha value is -3.36. The van der Waals surface area contributed by atoms with E-state index >= 15 is 0 Å². The van der Waals surface area contributed by atoms with Crippen LogP contribution >= 0.6 is 11.6 Å². The van der Waals surface area contributed by atoms with E-state index < -0.39 is 28.5 Å². The molecule has 3 rings (SSSR count). The lowest BCUT2D eigenvalue weighted by Crippen LogP contribution is -2.51. The number of hydrogen-bond acceptors (Lipinski definition) is 4. The zero-order valence-corrected chi connectivity index (χ0v) is 21.2. The number of sulfonamides is 1. The summed E-state index contributed by atoms with van der Waals surface area (Å²) in [5.74, 6) is -0.878. The van der Waals surface area contributed by atoms with Crippen molar-refractivity contribution in [3.8, 4) is 0 Å². The summed E-state index contributed by atoms with van der Waals surface area (Å²) in [7, 11) is -4.06. The molecule has 0 unspecified atom stereocenters. The molecule has 1 atom stereocenters. The molecule has 0 aliphatic heterocycles. The average Bonchev–Trinajstić information content (AvgIpc) is 2.87. The molecule has 0 heterocycles. The van der Waals surface area contributed by atoms with Crippen LogP contribution in [0.4, 0.5) is 5.69 Å². The van der Waals surface area contributed by atoms with Gasteiger partial charge >= 0.3 is 0 Å². The molecule has 0 bridgehead atoms. The number of carbonyl (C=O) groups excluding carboxylic acids is 2. The van der Waals surface area contributed by atoms with E-state index in [0.29, 0.717) is 22.8 Å². The van der Waals surface area contributed by atoms with Crippen LogP contribution in [-0.4, -0.2) is 44.3 Å². The minimum Gasteiger partial charge on any atom is -0.355 e. The van der Waals surface area contributed by atoms with Crippen molar-refractivity contribution >= 4 is 39.1 Å². The van der Waals surface area contributed by atoms with Crippen LogP contribution in [-0.2, 0) is 26.2 Å². The summed E-state index contributed by atoms with van der Waals surface area (Å²) in [5.41, 5.74) is 0.990. The van der Waals surface area contributed by atoms with Gasteiger partial charge in [-0.05, 0) is 49.7 Å². The fraction of sp³-hybridized carbons (Fsp3) is 0.231. The van der Waals surface area contributed by atoms with Crippen LogP contribution in [0.15, 0.2) is 89.8 Å². The van der Waals surface area contributed by atoms with Crippen LogP contribution in [0.3, 0.4) is 0 Å². The van der Waals surface area contributed by atoms with Gasteiger partial charge in [-0.15, -0.1) is 0 Å². The third-order valence-corrected chi connectivity index (χ3v) is 7.63. The lowest BCUT2D eigenvalue weighted by atomic mass is 10.1. The van der Waals surface area contributed by atoms with Gasteiger partial charge in [-0.25, -0.2) is 8.42 Å². The van der Waals surface area contributed by atoms with Crippen molar-refractivity contribution in [2.45, 2.75) is 31.3 Å². The number of rotatable bonds is 10. The minimum absolute atomic E-state index is 0.0465. The number of hydrogen-bond donors (Lipinski definition) is 1. The predicted octanol–water partition coefficient (Wildman–Crippen LogP) is 4.09. The van der Waals surface area contributed by atoms with E-state index in [2.05, 4.69) is 5.32 Å². The van der Waals surface area contributed by atoms with E-state index in [1.54, 1.807) is 86.6 Å². The number of likely N-dealkylation sites (N-methyl/N-ethyl adjacent to an activating group) is 1. The molecule has 35 heavy (non-hydrogen) atoms. The molecule has 0 aliphatic carbocycles.